The number of rotatable bonds is 27. The lowest BCUT2D eigenvalue weighted by molar-refractivity contribution is -0.215. The van der Waals surface area contributed by atoms with Crippen LogP contribution in [0.25, 0.3) is 49.4 Å². The van der Waals surface area contributed by atoms with E-state index in [1.165, 1.54) is 61.1 Å². The molecule has 10 heterocycles. The number of aliphatic hydroxyl groups excluding tert-OH is 3. The summed E-state index contributed by atoms with van der Waals surface area (Å²) in [5.74, 6) is -0.803. The second-order valence-corrected chi connectivity index (χ2v) is 30.6. The normalized spacial score (nSPS) is 24.6. The number of H-pyrrole nitrogens is 2. The Balaban J connectivity index is 0.000000218. The lowest BCUT2D eigenvalue weighted by Gasteiger charge is -2.32. The van der Waals surface area contributed by atoms with Crippen LogP contribution in [0, 0.1) is 6.57 Å². The van der Waals surface area contributed by atoms with E-state index < -0.39 is 160 Å². The number of imidazole rings is 2. The molecule has 0 bridgehead atoms. The fourth-order valence-electron chi connectivity index (χ4n) is 12.8. The molecule has 0 aliphatic carbocycles. The van der Waals surface area contributed by atoms with Gasteiger partial charge in [-0.3, -0.25) is 42.6 Å². The molecule has 42 heteroatoms. The number of esters is 1. The number of nitrogens with two attached hydrogens (primary N) is 1. The molecule has 4 aromatic carbocycles. The first-order valence-corrected chi connectivity index (χ1v) is 39.0. The summed E-state index contributed by atoms with van der Waals surface area (Å²) in [4.78, 5) is 124. The first-order chi connectivity index (χ1) is 53.2. The van der Waals surface area contributed by atoms with Gasteiger partial charge in [-0.05, 0) is 47.2 Å². The van der Waals surface area contributed by atoms with Crippen molar-refractivity contribution in [3.05, 3.63) is 223 Å². The molecule has 4 aliphatic heterocycles. The molecule has 38 nitrogen and oxygen atoms in total. The number of methoxy groups -OCH3 is 2. The first-order valence-electron chi connectivity index (χ1n) is 33.9. The maximum Gasteiger partial charge on any atom is 0.338 e. The van der Waals surface area contributed by atoms with Crippen LogP contribution in [0.4, 0.5) is 11.6 Å². The van der Waals surface area contributed by atoms with Gasteiger partial charge >= 0.3 is 24.1 Å². The van der Waals surface area contributed by atoms with Crippen LogP contribution in [-0.2, 0) is 79.4 Å². The lowest BCUT2D eigenvalue weighted by Crippen LogP contribution is -2.39. The van der Waals surface area contributed by atoms with E-state index in [9.17, 15) is 49.0 Å². The maximum absolute atomic E-state index is 13.6. The van der Waals surface area contributed by atoms with Crippen LogP contribution in [0.5, 0.6) is 0 Å². The molecule has 16 atom stereocenters. The quantitative estimate of drug-likeness (QED) is 0.0157. The molecular formula is C69H74N16O22P2S2. The van der Waals surface area contributed by atoms with E-state index in [1.807, 2.05) is 0 Å². The van der Waals surface area contributed by atoms with Crippen molar-refractivity contribution in [2.45, 2.75) is 98.8 Å². The Bertz CT molecular complexity index is 5320. The molecule has 0 saturated carbocycles. The van der Waals surface area contributed by atoms with E-state index in [2.05, 4.69) is 50.0 Å². The van der Waals surface area contributed by atoms with Crippen molar-refractivity contribution in [1.29, 1.82) is 0 Å². The van der Waals surface area contributed by atoms with Crippen LogP contribution in [0.2, 0.25) is 0 Å². The molecule has 12 N–H and O–H groups in total. The number of benzene rings is 4. The fraction of sp³-hybridized carbons (Fsp3) is 0.348. The number of aromatic nitrogens is 12. The minimum absolute atomic E-state index is 0. The van der Waals surface area contributed by atoms with Crippen molar-refractivity contribution in [3.63, 3.8) is 0 Å². The summed E-state index contributed by atoms with van der Waals surface area (Å²) in [6, 6.07) is 34.3. The summed E-state index contributed by atoms with van der Waals surface area (Å²) in [7, 11) is 2.80. The van der Waals surface area contributed by atoms with E-state index in [0.29, 0.717) is 27.9 Å². The van der Waals surface area contributed by atoms with E-state index >= 15 is 0 Å². The van der Waals surface area contributed by atoms with Crippen molar-refractivity contribution in [2.75, 3.05) is 64.8 Å². The second kappa shape index (κ2) is 35.7. The first kappa shape index (κ1) is 80.7. The Morgan fingerprint density at radius 2 is 1.13 bits per heavy atom. The third-order valence-electron chi connectivity index (χ3n) is 18.2. The molecule has 1 amide bonds. The lowest BCUT2D eigenvalue weighted by atomic mass is 10.1. The molecular weight excluding hydrogens is 1530 g/mol. The van der Waals surface area contributed by atoms with Crippen molar-refractivity contribution in [2.24, 2.45) is 0 Å². The molecule has 14 rings (SSSR count). The number of nitrogen functional groups attached to an aromatic ring is 1. The van der Waals surface area contributed by atoms with Gasteiger partial charge in [-0.15, -0.1) is 0 Å². The largest absolute Gasteiger partial charge is 0.780 e. The van der Waals surface area contributed by atoms with Crippen molar-refractivity contribution < 1.29 is 85.6 Å². The van der Waals surface area contributed by atoms with Gasteiger partial charge in [-0.25, -0.2) is 50.9 Å². The van der Waals surface area contributed by atoms with Crippen LogP contribution in [0.15, 0.2) is 178 Å². The fourth-order valence-corrected chi connectivity index (χ4v) is 16.4. The van der Waals surface area contributed by atoms with Crippen LogP contribution >= 0.6 is 13.4 Å². The third kappa shape index (κ3) is 17.9. The minimum atomic E-state index is -4.26. The number of hydrogen-bond acceptors (Lipinski definition) is 31. The highest BCUT2D eigenvalue weighted by Crippen LogP contribution is 2.55. The molecule has 6 aromatic heterocycles. The number of aliphatic hydroxyl groups is 3. The zero-order valence-electron chi connectivity index (χ0n) is 59.1. The predicted octanol–water partition coefficient (Wildman–Crippen LogP) is 3.82. The molecule has 584 valence electrons. The average Bonchev–Trinajstić information content (AvgIpc) is 1.72. The highest BCUT2D eigenvalue weighted by Gasteiger charge is 2.52. The van der Waals surface area contributed by atoms with Gasteiger partial charge in [0.05, 0.1) is 68.0 Å². The zero-order valence-corrected chi connectivity index (χ0v) is 62.5. The summed E-state index contributed by atoms with van der Waals surface area (Å²) in [5.41, 5.74) is 6.64. The molecule has 10 aromatic rings. The van der Waals surface area contributed by atoms with E-state index in [4.69, 9.17) is 91.7 Å². The van der Waals surface area contributed by atoms with Gasteiger partial charge in [-0.2, -0.15) is 0 Å². The topological polar surface area (TPSA) is 504 Å². The average molecular weight is 1610 g/mol. The van der Waals surface area contributed by atoms with Crippen LogP contribution in [0.3, 0.4) is 0 Å². The summed E-state index contributed by atoms with van der Waals surface area (Å²) in [6.45, 7) is -3.06. The molecule has 4 aliphatic rings. The number of hydrogen-bond donors (Lipinski definition) is 8. The van der Waals surface area contributed by atoms with Gasteiger partial charge in [0.25, 0.3) is 17.0 Å². The molecule has 6 unspecified atom stereocenters. The van der Waals surface area contributed by atoms with E-state index in [0.717, 1.165) is 4.57 Å². The molecule has 0 radical (unpaired) electrons. The number of nitrogens with one attached hydrogen (secondary N) is 3. The summed E-state index contributed by atoms with van der Waals surface area (Å²) < 4.78 is 77.1. The second-order valence-electron chi connectivity index (χ2n) is 24.9. The summed E-state index contributed by atoms with van der Waals surface area (Å²) in [5, 5.41) is 34.1. The number of quaternary nitrogens is 1. The SMILES string of the molecule is CO[C@H]1C(O)[C@@H](COP([O-])(=S)OC2C[C@H](n3cc(-c4ccccc4)c(=O)[nH]c3=O)O[C@@H]2CO)O[C@H]1n1cnc2c(N)ncnc21.[C-]#[N+]CCOP(=S)(OC[C@H]1O[C@@H](n2cnc3c(NC(=O)c4ccccc4)ncnc32)[C@@H](OC)C1OC(=O)c1ccccc1)OC1C[C@H](n2cc(-c3ccccc3)c(=O)[nH]c2=O)O[C@@H]1CO.[NH4+]. The highest BCUT2D eigenvalue weighted by molar-refractivity contribution is 8.07. The number of carbonyl (C=O) groups is 2. The predicted molar refractivity (Wildman–Crippen MR) is 399 cm³/mol. The summed E-state index contributed by atoms with van der Waals surface area (Å²) in [6.07, 6.45) is -6.48. The van der Waals surface area contributed by atoms with Gasteiger partial charge in [-0.1, -0.05) is 109 Å². The number of amides is 1. The van der Waals surface area contributed by atoms with Gasteiger partial charge in [0.1, 0.15) is 86.7 Å². The maximum atomic E-state index is 13.6. The smallest absolute Gasteiger partial charge is 0.338 e. The Morgan fingerprint density at radius 3 is 1.68 bits per heavy atom. The van der Waals surface area contributed by atoms with Gasteiger partial charge in [0.15, 0.2) is 47.0 Å². The number of carbonyl (C=O) groups excluding carboxylic acids is 2. The van der Waals surface area contributed by atoms with Crippen LogP contribution in [0.1, 0.15) is 58.5 Å². The van der Waals surface area contributed by atoms with Gasteiger partial charge < -0.3 is 98.0 Å². The van der Waals surface area contributed by atoms with Gasteiger partial charge in [0, 0.05) is 45.0 Å². The molecule has 111 heavy (non-hydrogen) atoms. The number of nitrogens with zero attached hydrogens (tertiary/aromatic N) is 11. The number of ether oxygens (including phenoxy) is 7. The zero-order chi connectivity index (χ0) is 77.4. The molecule has 4 saturated heterocycles. The number of anilines is 2. The Hall–Kier alpha value is -9.77. The van der Waals surface area contributed by atoms with E-state index in [1.54, 1.807) is 126 Å². The van der Waals surface area contributed by atoms with Crippen molar-refractivity contribution >= 4 is 82.9 Å². The Labute approximate surface area is 638 Å². The van der Waals surface area contributed by atoms with E-state index in [-0.39, 0.29) is 71.6 Å². The Morgan fingerprint density at radius 1 is 0.631 bits per heavy atom. The number of aromatic amines is 2. The highest BCUT2D eigenvalue weighted by atomic mass is 32.5. The standard InChI is InChI=1S/C43H41N8O12PS.C26H30N7O10PS.H3N/c1-44-18-19-58-64(65,63-30-20-33(60-31(30)22-52)50-21-29(40(54)49-43(50)56)26-12-6-3-7-13-26)59-23-32-35(62-42(55)28-16-10-5-11-17-28)36(57-2)41(61-32)51-25-47-34-37(45-24-46-38(34)51)48-39(53)27-14-8-4-9-15-27;1-39-21-20(35)17(42-25(21)33-12-30-19-22(27)28-11-29-23(19)33)10-40-44(38,45)43-15-7-18(41-16(15)9-34)32-8-14(24(36)31-26(32)37)13-5-3-2-4-6-13;/h3-17,21,24-25,30-33,35-36,41,52H,18-20,22-23H2,2H3,(H,49,54,56)(H,45,46,48,53);2-6,8,11-12,15-18,20-21,25,34-35H,7,9-10H2,1H3,(H,38,45)(H2,27,28,29)(H,31,36,37);1H3/t30?,31-,32-,33-,35?,36+,41-,64?;15?,16-,17-,18-,20?,21+,25-,44?;/m11./s1. The van der Waals surface area contributed by atoms with Crippen molar-refractivity contribution in [1.82, 2.24) is 64.3 Å². The van der Waals surface area contributed by atoms with Gasteiger partial charge in [0.2, 0.25) is 6.54 Å². The van der Waals surface area contributed by atoms with Crippen LogP contribution < -0.4 is 44.6 Å². The molecule has 4 fully saturated rings. The van der Waals surface area contributed by atoms with Crippen molar-refractivity contribution in [3.8, 4) is 22.3 Å². The Kier molecular flexibility index (Phi) is 26.0. The van der Waals surface area contributed by atoms with Crippen LogP contribution in [-0.4, -0.2) is 200 Å². The monoisotopic (exact) mass is 1600 g/mol. The molecule has 0 spiro atoms. The minimum Gasteiger partial charge on any atom is -0.780 e. The number of fused-ring (bicyclic) bond motifs is 2. The third-order valence-corrected chi connectivity index (χ3v) is 22.1. The summed E-state index contributed by atoms with van der Waals surface area (Å²) >= 11 is 11.0.